The first-order valence-electron chi connectivity index (χ1n) is 7.30. The Labute approximate surface area is 150 Å². The molecule has 0 saturated carbocycles. The number of amides is 1. The summed E-state index contributed by atoms with van der Waals surface area (Å²) in [4.78, 5) is 14.4. The molecule has 2 aromatic rings. The Hall–Kier alpha value is -2.21. The van der Waals surface area contributed by atoms with Crippen LogP contribution in [-0.4, -0.2) is 39.2 Å². The molecule has 0 aromatic heterocycles. The van der Waals surface area contributed by atoms with Crippen LogP contribution in [0.4, 0.5) is 0 Å². The van der Waals surface area contributed by atoms with Crippen LogP contribution >= 0.6 is 15.9 Å². The summed E-state index contributed by atoms with van der Waals surface area (Å²) in [7, 11) is 6.31. The smallest absolute Gasteiger partial charge is 0.257 e. The SMILES string of the molecule is COc1ccc(C(=O)N(C)Cc2ccc(Br)cc2)c(OC)c1OC. The van der Waals surface area contributed by atoms with Gasteiger partial charge in [-0.15, -0.1) is 0 Å². The molecule has 2 aromatic carbocycles. The average molecular weight is 394 g/mol. The number of carbonyl (C=O) groups is 1. The maximum absolute atomic E-state index is 12.8. The van der Waals surface area contributed by atoms with Crippen LogP contribution in [0, 0.1) is 0 Å². The van der Waals surface area contributed by atoms with Gasteiger partial charge in [-0.3, -0.25) is 4.79 Å². The number of hydrogen-bond donors (Lipinski definition) is 0. The molecular weight excluding hydrogens is 374 g/mol. The van der Waals surface area contributed by atoms with Crippen molar-refractivity contribution in [3.63, 3.8) is 0 Å². The number of nitrogens with zero attached hydrogens (tertiary/aromatic N) is 1. The topological polar surface area (TPSA) is 48.0 Å². The Kier molecular flexibility index (Phi) is 6.09. The van der Waals surface area contributed by atoms with Crippen LogP contribution in [0.3, 0.4) is 0 Å². The maximum Gasteiger partial charge on any atom is 0.257 e. The van der Waals surface area contributed by atoms with E-state index in [-0.39, 0.29) is 5.91 Å². The number of ether oxygens (including phenoxy) is 3. The fourth-order valence-corrected chi connectivity index (χ4v) is 2.68. The van der Waals surface area contributed by atoms with Gasteiger partial charge in [-0.1, -0.05) is 28.1 Å². The molecule has 0 atom stereocenters. The molecule has 6 heteroatoms. The van der Waals surface area contributed by atoms with Crippen LogP contribution in [0.5, 0.6) is 17.2 Å². The van der Waals surface area contributed by atoms with Gasteiger partial charge in [-0.2, -0.15) is 0 Å². The lowest BCUT2D eigenvalue weighted by Crippen LogP contribution is -2.26. The second kappa shape index (κ2) is 8.06. The Morgan fingerprint density at radius 2 is 1.58 bits per heavy atom. The van der Waals surface area contributed by atoms with Crippen molar-refractivity contribution < 1.29 is 19.0 Å². The zero-order chi connectivity index (χ0) is 17.7. The predicted octanol–water partition coefficient (Wildman–Crippen LogP) is 3.75. The second-order valence-electron chi connectivity index (χ2n) is 5.17. The molecule has 2 rings (SSSR count). The van der Waals surface area contributed by atoms with E-state index in [1.54, 1.807) is 31.2 Å². The highest BCUT2D eigenvalue weighted by atomic mass is 79.9. The number of hydrogen-bond acceptors (Lipinski definition) is 4. The Morgan fingerprint density at radius 3 is 2.12 bits per heavy atom. The first kappa shape index (κ1) is 18.1. The van der Waals surface area contributed by atoms with E-state index < -0.39 is 0 Å². The molecule has 0 aliphatic rings. The van der Waals surface area contributed by atoms with E-state index in [1.165, 1.54) is 14.2 Å². The van der Waals surface area contributed by atoms with Crippen molar-refractivity contribution >= 4 is 21.8 Å². The van der Waals surface area contributed by atoms with Crippen LogP contribution in [0.1, 0.15) is 15.9 Å². The summed E-state index contributed by atoms with van der Waals surface area (Å²) in [5.74, 6) is 1.13. The van der Waals surface area contributed by atoms with Gasteiger partial charge in [-0.25, -0.2) is 0 Å². The lowest BCUT2D eigenvalue weighted by atomic mass is 10.1. The number of carbonyl (C=O) groups excluding carboxylic acids is 1. The normalized spacial score (nSPS) is 10.2. The highest BCUT2D eigenvalue weighted by Crippen LogP contribution is 2.40. The zero-order valence-corrected chi connectivity index (χ0v) is 15.7. The van der Waals surface area contributed by atoms with E-state index >= 15 is 0 Å². The molecule has 0 aliphatic heterocycles. The van der Waals surface area contributed by atoms with Crippen LogP contribution < -0.4 is 14.2 Å². The van der Waals surface area contributed by atoms with Gasteiger partial charge < -0.3 is 19.1 Å². The second-order valence-corrected chi connectivity index (χ2v) is 6.09. The van der Waals surface area contributed by atoms with Gasteiger partial charge in [-0.05, 0) is 29.8 Å². The molecule has 1 amide bonds. The van der Waals surface area contributed by atoms with Crippen molar-refractivity contribution in [1.82, 2.24) is 4.90 Å². The van der Waals surface area contributed by atoms with Crippen molar-refractivity contribution in [2.75, 3.05) is 28.4 Å². The Morgan fingerprint density at radius 1 is 0.958 bits per heavy atom. The van der Waals surface area contributed by atoms with Crippen LogP contribution in [0.2, 0.25) is 0 Å². The molecule has 0 fully saturated rings. The zero-order valence-electron chi connectivity index (χ0n) is 14.1. The van der Waals surface area contributed by atoms with Crippen LogP contribution in [0.15, 0.2) is 40.9 Å². The fraction of sp³-hybridized carbons (Fsp3) is 0.278. The van der Waals surface area contributed by atoms with Crippen molar-refractivity contribution in [1.29, 1.82) is 0 Å². The molecule has 128 valence electrons. The van der Waals surface area contributed by atoms with E-state index in [0.29, 0.717) is 29.4 Å². The predicted molar refractivity (Wildman–Crippen MR) is 96.0 cm³/mol. The molecule has 5 nitrogen and oxygen atoms in total. The van der Waals surface area contributed by atoms with Gasteiger partial charge in [0.2, 0.25) is 5.75 Å². The number of benzene rings is 2. The fourth-order valence-electron chi connectivity index (χ4n) is 2.41. The van der Waals surface area contributed by atoms with Crippen LogP contribution in [-0.2, 0) is 6.54 Å². The third-order valence-corrected chi connectivity index (χ3v) is 4.14. The quantitative estimate of drug-likeness (QED) is 0.749. The van der Waals surface area contributed by atoms with Gasteiger partial charge in [0.15, 0.2) is 11.5 Å². The number of methoxy groups -OCH3 is 3. The van der Waals surface area contributed by atoms with Crippen molar-refractivity contribution in [3.05, 3.63) is 52.0 Å². The molecule has 0 bridgehead atoms. The number of rotatable bonds is 6. The summed E-state index contributed by atoms with van der Waals surface area (Å²) in [6, 6.07) is 11.2. The van der Waals surface area contributed by atoms with E-state index in [4.69, 9.17) is 14.2 Å². The highest BCUT2D eigenvalue weighted by molar-refractivity contribution is 9.10. The van der Waals surface area contributed by atoms with Gasteiger partial charge >= 0.3 is 0 Å². The molecule has 0 saturated heterocycles. The monoisotopic (exact) mass is 393 g/mol. The third-order valence-electron chi connectivity index (χ3n) is 3.61. The molecular formula is C18H20BrNO4. The van der Waals surface area contributed by atoms with Crippen molar-refractivity contribution in [2.24, 2.45) is 0 Å². The molecule has 0 N–H and O–H groups in total. The lowest BCUT2D eigenvalue weighted by molar-refractivity contribution is 0.0781. The summed E-state index contributed by atoms with van der Waals surface area (Å²) in [6.45, 7) is 0.490. The Bertz CT molecular complexity index is 716. The lowest BCUT2D eigenvalue weighted by Gasteiger charge is -2.20. The maximum atomic E-state index is 12.8. The van der Waals surface area contributed by atoms with Gasteiger partial charge in [0.1, 0.15) is 0 Å². The summed E-state index contributed by atoms with van der Waals surface area (Å²) < 4.78 is 17.0. The minimum atomic E-state index is -0.157. The first-order valence-corrected chi connectivity index (χ1v) is 8.10. The summed E-state index contributed by atoms with van der Waals surface area (Å²) in [6.07, 6.45) is 0. The van der Waals surface area contributed by atoms with E-state index in [2.05, 4.69) is 15.9 Å². The minimum Gasteiger partial charge on any atom is -0.493 e. The Balaban J connectivity index is 2.29. The van der Waals surface area contributed by atoms with Crippen molar-refractivity contribution in [3.8, 4) is 17.2 Å². The van der Waals surface area contributed by atoms with E-state index in [9.17, 15) is 4.79 Å². The molecule has 0 heterocycles. The van der Waals surface area contributed by atoms with Gasteiger partial charge in [0.05, 0.1) is 26.9 Å². The van der Waals surface area contributed by atoms with E-state index in [0.717, 1.165) is 10.0 Å². The molecule has 0 radical (unpaired) electrons. The molecule has 0 spiro atoms. The molecule has 0 unspecified atom stereocenters. The average Bonchev–Trinajstić information content (AvgIpc) is 2.61. The summed E-state index contributed by atoms with van der Waals surface area (Å²) in [5, 5.41) is 0. The third kappa shape index (κ3) is 3.82. The van der Waals surface area contributed by atoms with E-state index in [1.807, 2.05) is 24.3 Å². The van der Waals surface area contributed by atoms with Crippen LogP contribution in [0.25, 0.3) is 0 Å². The van der Waals surface area contributed by atoms with Crippen molar-refractivity contribution in [2.45, 2.75) is 6.54 Å². The summed E-state index contributed by atoms with van der Waals surface area (Å²) >= 11 is 3.40. The molecule has 24 heavy (non-hydrogen) atoms. The first-order chi connectivity index (χ1) is 11.5. The summed E-state index contributed by atoms with van der Waals surface area (Å²) in [5.41, 5.74) is 1.46. The highest BCUT2D eigenvalue weighted by Gasteiger charge is 2.23. The van der Waals surface area contributed by atoms with Gasteiger partial charge in [0.25, 0.3) is 5.91 Å². The van der Waals surface area contributed by atoms with Gasteiger partial charge in [0, 0.05) is 18.1 Å². The number of halogens is 1. The standard InChI is InChI=1S/C18H20BrNO4/c1-20(11-12-5-7-13(19)8-6-12)18(21)14-9-10-15(22-2)17(24-4)16(14)23-3/h5-10H,11H2,1-4H3. The molecule has 0 aliphatic carbocycles. The minimum absolute atomic E-state index is 0.157. The largest absolute Gasteiger partial charge is 0.493 e.